The second kappa shape index (κ2) is 6.96. The van der Waals surface area contributed by atoms with Gasteiger partial charge in [0.25, 0.3) is 0 Å². The van der Waals surface area contributed by atoms with E-state index < -0.39 is 22.0 Å². The second-order valence-electron chi connectivity index (χ2n) is 5.88. The molecule has 8 heteroatoms. The minimum atomic E-state index is -4.04. The summed E-state index contributed by atoms with van der Waals surface area (Å²) in [6, 6.07) is 12.1. The maximum Gasteiger partial charge on any atom is 0.322 e. The van der Waals surface area contributed by atoms with E-state index in [2.05, 4.69) is 0 Å². The van der Waals surface area contributed by atoms with Crippen molar-refractivity contribution in [2.24, 2.45) is 0 Å². The number of hydrogen-bond donors (Lipinski definition) is 1. The summed E-state index contributed by atoms with van der Waals surface area (Å²) in [5, 5.41) is 9.86. The van der Waals surface area contributed by atoms with E-state index in [1.807, 2.05) is 30.3 Å². The number of nitrogens with zero attached hydrogens (tertiary/aromatic N) is 1. The largest absolute Gasteiger partial charge is 0.480 e. The van der Waals surface area contributed by atoms with Crippen LogP contribution in [0.15, 0.2) is 53.4 Å². The monoisotopic (exact) mass is 399 g/mol. The van der Waals surface area contributed by atoms with Crippen LogP contribution in [0.25, 0.3) is 0 Å². The van der Waals surface area contributed by atoms with Crippen LogP contribution >= 0.6 is 23.2 Å². The maximum absolute atomic E-state index is 13.0. The lowest BCUT2D eigenvalue weighted by Gasteiger charge is -2.21. The number of carbonyl (C=O) groups is 1. The Morgan fingerprint density at radius 1 is 1.08 bits per heavy atom. The quantitative estimate of drug-likeness (QED) is 0.851. The Bertz CT molecular complexity index is 882. The molecule has 5 nitrogen and oxygen atoms in total. The molecule has 1 aliphatic rings. The van der Waals surface area contributed by atoms with Crippen molar-refractivity contribution in [3.63, 3.8) is 0 Å². The van der Waals surface area contributed by atoms with Crippen LogP contribution in [-0.4, -0.2) is 36.4 Å². The summed E-state index contributed by atoms with van der Waals surface area (Å²) in [6.07, 6.45) is 0.215. The molecule has 0 bridgehead atoms. The minimum Gasteiger partial charge on any atom is -0.480 e. The Balaban J connectivity index is 1.99. The number of hydrogen-bond acceptors (Lipinski definition) is 3. The summed E-state index contributed by atoms with van der Waals surface area (Å²) in [6.45, 7) is 0.0907. The Labute approximate surface area is 155 Å². The Hall–Kier alpha value is -1.60. The van der Waals surface area contributed by atoms with Gasteiger partial charge in [-0.05, 0) is 36.1 Å². The molecular weight excluding hydrogens is 385 g/mol. The van der Waals surface area contributed by atoms with Crippen LogP contribution in [0.1, 0.15) is 17.9 Å². The van der Waals surface area contributed by atoms with Gasteiger partial charge in [-0.1, -0.05) is 53.5 Å². The van der Waals surface area contributed by atoms with E-state index in [-0.39, 0.29) is 33.8 Å². The number of halogens is 2. The first-order valence-corrected chi connectivity index (χ1v) is 9.74. The van der Waals surface area contributed by atoms with Gasteiger partial charge < -0.3 is 5.11 Å². The summed E-state index contributed by atoms with van der Waals surface area (Å²) in [5.41, 5.74) is 0.913. The van der Waals surface area contributed by atoms with Crippen LogP contribution < -0.4 is 0 Å². The summed E-state index contributed by atoms with van der Waals surface area (Å²) < 4.78 is 27.0. The van der Waals surface area contributed by atoms with Crippen molar-refractivity contribution in [3.8, 4) is 0 Å². The number of carboxylic acids is 1. The fourth-order valence-electron chi connectivity index (χ4n) is 3.08. The molecule has 25 heavy (non-hydrogen) atoms. The van der Waals surface area contributed by atoms with Gasteiger partial charge in [-0.25, -0.2) is 8.42 Å². The van der Waals surface area contributed by atoms with Gasteiger partial charge >= 0.3 is 5.97 Å². The third-order valence-electron chi connectivity index (χ3n) is 4.25. The fourth-order valence-corrected chi connectivity index (χ4v) is 5.44. The molecule has 1 N–H and O–H groups in total. The number of rotatable bonds is 4. The molecule has 2 atom stereocenters. The van der Waals surface area contributed by atoms with Crippen molar-refractivity contribution < 1.29 is 18.3 Å². The number of aliphatic carboxylic acids is 1. The van der Waals surface area contributed by atoms with E-state index in [1.165, 1.54) is 18.2 Å². The van der Waals surface area contributed by atoms with Crippen molar-refractivity contribution >= 4 is 39.2 Å². The molecule has 1 aliphatic heterocycles. The van der Waals surface area contributed by atoms with Crippen molar-refractivity contribution in [2.45, 2.75) is 23.3 Å². The van der Waals surface area contributed by atoms with Gasteiger partial charge in [0, 0.05) is 16.6 Å². The zero-order valence-electron chi connectivity index (χ0n) is 13.0. The van der Waals surface area contributed by atoms with Gasteiger partial charge in [0.15, 0.2) is 0 Å². The molecule has 0 aromatic heterocycles. The van der Waals surface area contributed by atoms with Crippen LogP contribution in [0.2, 0.25) is 10.0 Å². The number of carboxylic acid groups (broad SMARTS) is 1. The van der Waals surface area contributed by atoms with E-state index in [0.717, 1.165) is 9.87 Å². The van der Waals surface area contributed by atoms with E-state index >= 15 is 0 Å². The van der Waals surface area contributed by atoms with E-state index in [1.54, 1.807) is 0 Å². The first kappa shape index (κ1) is 18.2. The predicted molar refractivity (Wildman–Crippen MR) is 95.6 cm³/mol. The molecule has 0 unspecified atom stereocenters. The van der Waals surface area contributed by atoms with Crippen LogP contribution in [0, 0.1) is 0 Å². The second-order valence-corrected chi connectivity index (χ2v) is 8.64. The van der Waals surface area contributed by atoms with Crippen molar-refractivity contribution in [2.75, 3.05) is 6.54 Å². The molecule has 0 radical (unpaired) electrons. The van der Waals surface area contributed by atoms with E-state index in [0.29, 0.717) is 0 Å². The highest BCUT2D eigenvalue weighted by atomic mass is 35.5. The average molecular weight is 400 g/mol. The molecule has 2 aromatic carbocycles. The number of benzene rings is 2. The molecule has 1 saturated heterocycles. The lowest BCUT2D eigenvalue weighted by atomic mass is 9.96. The summed E-state index contributed by atoms with van der Waals surface area (Å²) >= 11 is 11.8. The van der Waals surface area contributed by atoms with Gasteiger partial charge in [-0.3, -0.25) is 4.79 Å². The standard InChI is InChI=1S/C17H15Cl2NO4S/c18-13-7-14(19)9-15(8-13)25(23,24)20-10-12(6-16(20)17(21)22)11-4-2-1-3-5-11/h1-5,7-9,12,16H,6,10H2,(H,21,22)/t12-,16+/m1/s1. The van der Waals surface area contributed by atoms with Crippen LogP contribution in [0.3, 0.4) is 0 Å². The Morgan fingerprint density at radius 3 is 2.24 bits per heavy atom. The zero-order valence-corrected chi connectivity index (χ0v) is 15.3. The highest BCUT2D eigenvalue weighted by molar-refractivity contribution is 7.89. The van der Waals surface area contributed by atoms with Gasteiger partial charge in [-0.15, -0.1) is 0 Å². The van der Waals surface area contributed by atoms with E-state index in [4.69, 9.17) is 23.2 Å². The van der Waals surface area contributed by atoms with Crippen LogP contribution in [0.4, 0.5) is 0 Å². The van der Waals surface area contributed by atoms with Crippen LogP contribution in [-0.2, 0) is 14.8 Å². The first-order valence-electron chi connectivity index (χ1n) is 7.54. The summed E-state index contributed by atoms with van der Waals surface area (Å²) in [7, 11) is -4.04. The fraction of sp³-hybridized carbons (Fsp3) is 0.235. The Morgan fingerprint density at radius 2 is 1.68 bits per heavy atom. The minimum absolute atomic E-state index is 0.0907. The smallest absolute Gasteiger partial charge is 0.322 e. The molecule has 132 valence electrons. The SMILES string of the molecule is O=C(O)[C@@H]1C[C@@H](c2ccccc2)CN1S(=O)(=O)c1cc(Cl)cc(Cl)c1. The number of sulfonamides is 1. The third-order valence-corrected chi connectivity index (χ3v) is 6.54. The normalized spacial score (nSPS) is 21.4. The van der Waals surface area contributed by atoms with Crippen molar-refractivity contribution in [1.29, 1.82) is 0 Å². The predicted octanol–water partition coefficient (Wildman–Crippen LogP) is 3.62. The third kappa shape index (κ3) is 3.67. The van der Waals surface area contributed by atoms with E-state index in [9.17, 15) is 18.3 Å². The summed E-state index contributed by atoms with van der Waals surface area (Å²) in [4.78, 5) is 11.5. The lowest BCUT2D eigenvalue weighted by molar-refractivity contribution is -0.140. The molecule has 1 heterocycles. The highest BCUT2D eigenvalue weighted by Gasteiger charge is 2.44. The van der Waals surface area contributed by atoms with Gasteiger partial charge in [-0.2, -0.15) is 4.31 Å². The topological polar surface area (TPSA) is 74.7 Å². The maximum atomic E-state index is 13.0. The molecular formula is C17H15Cl2NO4S. The van der Waals surface area contributed by atoms with Crippen LogP contribution in [0.5, 0.6) is 0 Å². The Kier molecular flexibility index (Phi) is 5.06. The molecule has 0 aliphatic carbocycles. The van der Waals surface area contributed by atoms with Gasteiger partial charge in [0.2, 0.25) is 10.0 Å². The van der Waals surface area contributed by atoms with Crippen molar-refractivity contribution in [3.05, 3.63) is 64.1 Å². The van der Waals surface area contributed by atoms with Gasteiger partial charge in [0.1, 0.15) is 6.04 Å². The average Bonchev–Trinajstić information content (AvgIpc) is 3.01. The lowest BCUT2D eigenvalue weighted by Crippen LogP contribution is -2.40. The highest BCUT2D eigenvalue weighted by Crippen LogP contribution is 2.36. The molecule has 0 amide bonds. The summed E-state index contributed by atoms with van der Waals surface area (Å²) in [5.74, 6) is -1.36. The molecule has 1 fully saturated rings. The first-order chi connectivity index (χ1) is 11.8. The van der Waals surface area contributed by atoms with Crippen molar-refractivity contribution in [1.82, 2.24) is 4.31 Å². The zero-order chi connectivity index (χ0) is 18.2. The molecule has 0 saturated carbocycles. The molecule has 3 rings (SSSR count). The molecule has 2 aromatic rings. The van der Waals surface area contributed by atoms with Gasteiger partial charge in [0.05, 0.1) is 4.90 Å². The molecule has 0 spiro atoms.